The minimum atomic E-state index is -0.609. The molecule has 1 fully saturated rings. The van der Waals surface area contributed by atoms with Gasteiger partial charge in [0, 0.05) is 13.1 Å². The zero-order chi connectivity index (χ0) is 21.6. The standard InChI is InChI=1S/C23H28N2O5/c1-23(2,3)30-21(26)18-9-10-20(25-11-13-28-14-12-25)19(15-18)24-22(27)29-16-17-7-5-4-6-8-17/h4-10,15H,11-14,16H2,1-3H3,(H,24,27). The average molecular weight is 412 g/mol. The van der Waals surface area contributed by atoms with Crippen LogP contribution in [0.25, 0.3) is 0 Å². The lowest BCUT2D eigenvalue weighted by Gasteiger charge is -2.30. The monoisotopic (exact) mass is 412 g/mol. The van der Waals surface area contributed by atoms with Gasteiger partial charge in [0.1, 0.15) is 12.2 Å². The molecule has 0 bridgehead atoms. The number of anilines is 2. The third kappa shape index (κ3) is 6.22. The number of benzene rings is 2. The number of hydrogen-bond acceptors (Lipinski definition) is 6. The van der Waals surface area contributed by atoms with Crippen LogP contribution in [0.1, 0.15) is 36.7 Å². The van der Waals surface area contributed by atoms with Crippen LogP contribution in [-0.2, 0) is 20.8 Å². The zero-order valence-electron chi connectivity index (χ0n) is 17.6. The maximum Gasteiger partial charge on any atom is 0.412 e. The predicted octanol–water partition coefficient (Wildman–Crippen LogP) is 4.23. The van der Waals surface area contributed by atoms with Gasteiger partial charge in [0.25, 0.3) is 0 Å². The number of nitrogens with zero attached hydrogens (tertiary/aromatic N) is 1. The number of ether oxygens (including phenoxy) is 3. The summed E-state index contributed by atoms with van der Waals surface area (Å²) in [6.07, 6.45) is -0.588. The van der Waals surface area contributed by atoms with Gasteiger partial charge in [-0.05, 0) is 44.5 Å². The average Bonchev–Trinajstić information content (AvgIpc) is 2.72. The highest BCUT2D eigenvalue weighted by Gasteiger charge is 2.22. The molecule has 0 saturated carbocycles. The second kappa shape index (κ2) is 9.63. The minimum absolute atomic E-state index is 0.158. The molecule has 3 rings (SSSR count). The first-order chi connectivity index (χ1) is 14.3. The van der Waals surface area contributed by atoms with Crippen LogP contribution in [0, 0.1) is 0 Å². The molecule has 1 amide bonds. The molecule has 7 heteroatoms. The van der Waals surface area contributed by atoms with Gasteiger partial charge in [0.2, 0.25) is 0 Å². The molecule has 0 atom stereocenters. The molecule has 2 aromatic rings. The van der Waals surface area contributed by atoms with Crippen molar-refractivity contribution in [1.82, 2.24) is 0 Å². The summed E-state index contributed by atoms with van der Waals surface area (Å²) in [5.74, 6) is -0.447. The van der Waals surface area contributed by atoms with Crippen molar-refractivity contribution in [2.45, 2.75) is 33.0 Å². The Morgan fingerprint density at radius 3 is 2.43 bits per heavy atom. The highest BCUT2D eigenvalue weighted by atomic mass is 16.6. The first-order valence-electron chi connectivity index (χ1n) is 9.99. The van der Waals surface area contributed by atoms with E-state index in [2.05, 4.69) is 10.2 Å². The molecule has 1 heterocycles. The lowest BCUT2D eigenvalue weighted by atomic mass is 10.1. The number of carbonyl (C=O) groups excluding carboxylic acids is 2. The van der Waals surface area contributed by atoms with Crippen molar-refractivity contribution in [3.63, 3.8) is 0 Å². The van der Waals surface area contributed by atoms with Crippen LogP contribution in [0.15, 0.2) is 48.5 Å². The number of esters is 1. The predicted molar refractivity (Wildman–Crippen MR) is 115 cm³/mol. The zero-order valence-corrected chi connectivity index (χ0v) is 17.6. The summed E-state index contributed by atoms with van der Waals surface area (Å²) in [5.41, 5.74) is 1.95. The summed E-state index contributed by atoms with van der Waals surface area (Å²) in [6, 6.07) is 14.6. The molecule has 0 spiro atoms. The van der Waals surface area contributed by atoms with Crippen molar-refractivity contribution in [2.75, 3.05) is 36.5 Å². The Labute approximate surface area is 176 Å². The van der Waals surface area contributed by atoms with E-state index in [0.29, 0.717) is 37.6 Å². The molecular weight excluding hydrogens is 384 g/mol. The van der Waals surface area contributed by atoms with Gasteiger partial charge in [0.15, 0.2) is 0 Å². The Bertz CT molecular complexity index is 871. The fraction of sp³-hybridized carbons (Fsp3) is 0.391. The minimum Gasteiger partial charge on any atom is -0.456 e. The topological polar surface area (TPSA) is 77.1 Å². The van der Waals surface area contributed by atoms with E-state index in [1.807, 2.05) is 57.2 Å². The summed E-state index contributed by atoms with van der Waals surface area (Å²) >= 11 is 0. The van der Waals surface area contributed by atoms with Gasteiger partial charge in [-0.3, -0.25) is 5.32 Å². The molecule has 160 valence electrons. The maximum absolute atomic E-state index is 12.5. The molecule has 1 saturated heterocycles. The normalized spacial score (nSPS) is 14.2. The molecule has 1 aliphatic rings. The van der Waals surface area contributed by atoms with Crippen LogP contribution in [0.2, 0.25) is 0 Å². The van der Waals surface area contributed by atoms with E-state index in [1.54, 1.807) is 12.1 Å². The number of carbonyl (C=O) groups is 2. The van der Waals surface area contributed by atoms with Gasteiger partial charge in [0.05, 0.1) is 30.2 Å². The molecule has 0 aliphatic carbocycles. The van der Waals surface area contributed by atoms with E-state index in [-0.39, 0.29) is 6.61 Å². The summed E-state index contributed by atoms with van der Waals surface area (Å²) in [7, 11) is 0. The molecule has 1 N–H and O–H groups in total. The Morgan fingerprint density at radius 2 is 1.77 bits per heavy atom. The van der Waals surface area contributed by atoms with Crippen LogP contribution in [0.4, 0.5) is 16.2 Å². The Balaban J connectivity index is 1.78. The summed E-state index contributed by atoms with van der Waals surface area (Å²) < 4.78 is 16.2. The highest BCUT2D eigenvalue weighted by molar-refractivity contribution is 5.96. The molecular formula is C23H28N2O5. The first-order valence-corrected chi connectivity index (χ1v) is 9.99. The number of rotatable bonds is 5. The summed E-state index contributed by atoms with van der Waals surface area (Å²) in [6.45, 7) is 8.19. The van der Waals surface area contributed by atoms with Crippen molar-refractivity contribution in [2.24, 2.45) is 0 Å². The fourth-order valence-corrected chi connectivity index (χ4v) is 3.05. The molecule has 7 nitrogen and oxygen atoms in total. The fourth-order valence-electron chi connectivity index (χ4n) is 3.05. The quantitative estimate of drug-likeness (QED) is 0.741. The third-order valence-electron chi connectivity index (χ3n) is 4.43. The smallest absolute Gasteiger partial charge is 0.412 e. The Morgan fingerprint density at radius 1 is 1.07 bits per heavy atom. The second-order valence-corrected chi connectivity index (χ2v) is 8.02. The van der Waals surface area contributed by atoms with Crippen molar-refractivity contribution in [1.29, 1.82) is 0 Å². The second-order valence-electron chi connectivity index (χ2n) is 8.02. The highest BCUT2D eigenvalue weighted by Crippen LogP contribution is 2.29. The van der Waals surface area contributed by atoms with Crippen LogP contribution in [0.5, 0.6) is 0 Å². The van der Waals surface area contributed by atoms with E-state index in [4.69, 9.17) is 14.2 Å². The lowest BCUT2D eigenvalue weighted by molar-refractivity contribution is 0.00694. The summed E-state index contributed by atoms with van der Waals surface area (Å²) in [4.78, 5) is 27.0. The summed E-state index contributed by atoms with van der Waals surface area (Å²) in [5, 5.41) is 2.78. The van der Waals surface area contributed by atoms with E-state index >= 15 is 0 Å². The van der Waals surface area contributed by atoms with Crippen molar-refractivity contribution in [3.05, 3.63) is 59.7 Å². The van der Waals surface area contributed by atoms with E-state index in [1.165, 1.54) is 0 Å². The van der Waals surface area contributed by atoms with Gasteiger partial charge >= 0.3 is 12.1 Å². The van der Waals surface area contributed by atoms with Crippen molar-refractivity contribution >= 4 is 23.4 Å². The van der Waals surface area contributed by atoms with E-state index in [9.17, 15) is 9.59 Å². The number of amides is 1. The van der Waals surface area contributed by atoms with Gasteiger partial charge in [-0.25, -0.2) is 9.59 Å². The third-order valence-corrected chi connectivity index (χ3v) is 4.43. The molecule has 0 aromatic heterocycles. The molecule has 30 heavy (non-hydrogen) atoms. The first kappa shape index (κ1) is 21.6. The van der Waals surface area contributed by atoms with Crippen LogP contribution < -0.4 is 10.2 Å². The Hall–Kier alpha value is -3.06. The van der Waals surface area contributed by atoms with E-state index < -0.39 is 17.7 Å². The maximum atomic E-state index is 12.5. The molecule has 1 aliphatic heterocycles. The van der Waals surface area contributed by atoms with Gasteiger partial charge < -0.3 is 19.1 Å². The molecule has 2 aromatic carbocycles. The van der Waals surface area contributed by atoms with E-state index in [0.717, 1.165) is 11.3 Å². The molecule has 0 unspecified atom stereocenters. The Kier molecular flexibility index (Phi) is 6.95. The van der Waals surface area contributed by atoms with Crippen molar-refractivity contribution in [3.8, 4) is 0 Å². The number of nitrogens with one attached hydrogen (secondary N) is 1. The van der Waals surface area contributed by atoms with Gasteiger partial charge in [-0.15, -0.1) is 0 Å². The molecule has 0 radical (unpaired) electrons. The number of morpholine rings is 1. The number of hydrogen-bond donors (Lipinski definition) is 1. The van der Waals surface area contributed by atoms with Crippen molar-refractivity contribution < 1.29 is 23.8 Å². The van der Waals surface area contributed by atoms with Crippen LogP contribution in [-0.4, -0.2) is 44.0 Å². The van der Waals surface area contributed by atoms with Gasteiger partial charge in [-0.1, -0.05) is 30.3 Å². The SMILES string of the molecule is CC(C)(C)OC(=O)c1ccc(N2CCOCC2)c(NC(=O)OCc2ccccc2)c1. The largest absolute Gasteiger partial charge is 0.456 e. The van der Waals surface area contributed by atoms with Crippen LogP contribution >= 0.6 is 0 Å². The lowest BCUT2D eigenvalue weighted by Crippen LogP contribution is -2.37. The van der Waals surface area contributed by atoms with Crippen LogP contribution in [0.3, 0.4) is 0 Å². The van der Waals surface area contributed by atoms with Gasteiger partial charge in [-0.2, -0.15) is 0 Å².